The summed E-state index contributed by atoms with van der Waals surface area (Å²) in [6, 6.07) is 15.2. The van der Waals surface area contributed by atoms with Crippen LogP contribution in [0.25, 0.3) is 0 Å². The standard InChI is InChI=1S/C33H47FN4O3/c1-4-32(39)36-17-19-41-21-20-40-18-16-35-15-7-9-25-8-5-11-27(22-25)28-23-38(24-31(28)37(2)3)30-14-13-26-10-6-12-29(34)33(26)30/h4-6,8,10-12,22,28,30-31,35H,1,7,9,13-21,23-24H2,2-3H3,(H,36,39)/t28-,30+,31+/m1/s1. The summed E-state index contributed by atoms with van der Waals surface area (Å²) in [6.45, 7) is 9.72. The van der Waals surface area contributed by atoms with Crippen LogP contribution in [0.2, 0.25) is 0 Å². The summed E-state index contributed by atoms with van der Waals surface area (Å²) >= 11 is 0. The third-order valence-corrected chi connectivity index (χ3v) is 8.31. The molecule has 224 valence electrons. The third-order valence-electron chi connectivity index (χ3n) is 8.31. The molecule has 2 aromatic carbocycles. The zero-order valence-corrected chi connectivity index (χ0v) is 24.7. The molecule has 8 heteroatoms. The van der Waals surface area contributed by atoms with E-state index in [4.69, 9.17) is 9.47 Å². The fourth-order valence-corrected chi connectivity index (χ4v) is 6.20. The maximum absolute atomic E-state index is 14.8. The van der Waals surface area contributed by atoms with Crippen molar-refractivity contribution in [2.24, 2.45) is 0 Å². The Morgan fingerprint density at radius 2 is 1.85 bits per heavy atom. The molecule has 1 heterocycles. The van der Waals surface area contributed by atoms with Gasteiger partial charge < -0.3 is 25.0 Å². The summed E-state index contributed by atoms with van der Waals surface area (Å²) < 4.78 is 25.8. The van der Waals surface area contributed by atoms with E-state index in [0.29, 0.717) is 44.9 Å². The molecule has 0 radical (unpaired) electrons. The average Bonchev–Trinajstić information content (AvgIpc) is 3.61. The topological polar surface area (TPSA) is 66.1 Å². The van der Waals surface area contributed by atoms with Gasteiger partial charge >= 0.3 is 0 Å². The number of carbonyl (C=O) groups is 1. The predicted octanol–water partition coefficient (Wildman–Crippen LogP) is 3.70. The lowest BCUT2D eigenvalue weighted by molar-refractivity contribution is -0.116. The van der Waals surface area contributed by atoms with Crippen molar-refractivity contribution in [3.05, 3.63) is 83.2 Å². The molecule has 2 aromatic rings. The summed E-state index contributed by atoms with van der Waals surface area (Å²) in [5, 5.41) is 6.13. The van der Waals surface area contributed by atoms with Gasteiger partial charge in [0.15, 0.2) is 0 Å². The molecule has 1 fully saturated rings. The molecular weight excluding hydrogens is 519 g/mol. The minimum absolute atomic E-state index is 0.0473. The molecular formula is C33H47FN4O3. The Balaban J connectivity index is 1.16. The van der Waals surface area contributed by atoms with Crippen LogP contribution in [0.5, 0.6) is 0 Å². The van der Waals surface area contributed by atoms with E-state index < -0.39 is 0 Å². The van der Waals surface area contributed by atoms with Crippen LogP contribution in [-0.2, 0) is 27.1 Å². The number of halogens is 1. The smallest absolute Gasteiger partial charge is 0.243 e. The number of rotatable bonds is 17. The van der Waals surface area contributed by atoms with Crippen molar-refractivity contribution in [1.29, 1.82) is 0 Å². The largest absolute Gasteiger partial charge is 0.378 e. The fourth-order valence-electron chi connectivity index (χ4n) is 6.20. The Labute approximate surface area is 245 Å². The van der Waals surface area contributed by atoms with E-state index in [2.05, 4.69) is 71.4 Å². The molecule has 2 aliphatic rings. The van der Waals surface area contributed by atoms with Crippen LogP contribution < -0.4 is 10.6 Å². The van der Waals surface area contributed by atoms with Gasteiger partial charge in [0.1, 0.15) is 5.82 Å². The molecule has 1 saturated heterocycles. The van der Waals surface area contributed by atoms with Crippen molar-refractivity contribution < 1.29 is 18.7 Å². The first-order chi connectivity index (χ1) is 20.0. The van der Waals surface area contributed by atoms with E-state index >= 15 is 0 Å². The number of hydrogen-bond donors (Lipinski definition) is 2. The second-order valence-electron chi connectivity index (χ2n) is 11.3. The normalized spacial score (nSPS) is 20.4. The molecule has 1 aliphatic heterocycles. The molecule has 3 atom stereocenters. The van der Waals surface area contributed by atoms with Crippen LogP contribution in [0.3, 0.4) is 0 Å². The summed E-state index contributed by atoms with van der Waals surface area (Å²) in [6.07, 6.45) is 5.32. The molecule has 4 rings (SSSR count). The predicted molar refractivity (Wildman–Crippen MR) is 162 cm³/mol. The van der Waals surface area contributed by atoms with Gasteiger partial charge in [0.25, 0.3) is 0 Å². The van der Waals surface area contributed by atoms with Gasteiger partial charge in [0, 0.05) is 49.7 Å². The van der Waals surface area contributed by atoms with Crippen LogP contribution in [-0.4, -0.2) is 95.0 Å². The highest BCUT2D eigenvalue weighted by Crippen LogP contribution is 2.42. The number of likely N-dealkylation sites (tertiary alicyclic amines) is 1. The number of likely N-dealkylation sites (N-methyl/N-ethyl adjacent to an activating group) is 1. The van der Waals surface area contributed by atoms with Crippen LogP contribution in [0.15, 0.2) is 55.1 Å². The van der Waals surface area contributed by atoms with Gasteiger partial charge in [-0.05, 0) is 75.2 Å². The number of nitrogens with zero attached hydrogens (tertiary/aromatic N) is 2. The van der Waals surface area contributed by atoms with Crippen LogP contribution in [0, 0.1) is 5.82 Å². The number of carbonyl (C=O) groups excluding carboxylic acids is 1. The highest BCUT2D eigenvalue weighted by Gasteiger charge is 2.41. The van der Waals surface area contributed by atoms with Gasteiger partial charge in [-0.2, -0.15) is 0 Å². The number of amides is 1. The quantitative estimate of drug-likeness (QED) is 0.225. The highest BCUT2D eigenvalue weighted by atomic mass is 19.1. The summed E-state index contributed by atoms with van der Waals surface area (Å²) in [4.78, 5) is 15.9. The summed E-state index contributed by atoms with van der Waals surface area (Å²) in [7, 11) is 4.34. The van der Waals surface area contributed by atoms with Gasteiger partial charge in [-0.15, -0.1) is 0 Å². The van der Waals surface area contributed by atoms with E-state index in [1.165, 1.54) is 22.8 Å². The molecule has 0 bridgehead atoms. The Morgan fingerprint density at radius 1 is 1.07 bits per heavy atom. The number of aryl methyl sites for hydroxylation is 2. The third kappa shape index (κ3) is 8.93. The number of hydrogen-bond acceptors (Lipinski definition) is 6. The van der Waals surface area contributed by atoms with E-state index in [9.17, 15) is 9.18 Å². The number of nitrogens with one attached hydrogen (secondary N) is 2. The number of benzene rings is 2. The first-order valence-corrected chi connectivity index (χ1v) is 15.0. The van der Waals surface area contributed by atoms with Crippen molar-refractivity contribution >= 4 is 5.91 Å². The number of ether oxygens (including phenoxy) is 2. The molecule has 7 nitrogen and oxygen atoms in total. The minimum atomic E-state index is -0.188. The molecule has 2 N–H and O–H groups in total. The first-order valence-electron chi connectivity index (χ1n) is 15.0. The van der Waals surface area contributed by atoms with Crippen LogP contribution in [0.1, 0.15) is 47.1 Å². The molecule has 0 aromatic heterocycles. The zero-order valence-electron chi connectivity index (χ0n) is 24.7. The van der Waals surface area contributed by atoms with E-state index in [0.717, 1.165) is 57.4 Å². The van der Waals surface area contributed by atoms with Gasteiger partial charge in [0.05, 0.1) is 26.4 Å². The summed E-state index contributed by atoms with van der Waals surface area (Å²) in [5.74, 6) is 0.173. The fraction of sp³-hybridized carbons (Fsp3) is 0.545. The van der Waals surface area contributed by atoms with Crippen molar-refractivity contribution in [2.75, 3.05) is 73.2 Å². The van der Waals surface area contributed by atoms with Crippen LogP contribution >= 0.6 is 0 Å². The lowest BCUT2D eigenvalue weighted by Gasteiger charge is -2.26. The maximum atomic E-state index is 14.8. The zero-order chi connectivity index (χ0) is 29.0. The molecule has 0 unspecified atom stereocenters. The van der Waals surface area contributed by atoms with E-state index in [1.807, 2.05) is 6.07 Å². The molecule has 0 saturated carbocycles. The van der Waals surface area contributed by atoms with Crippen molar-refractivity contribution in [2.45, 2.75) is 43.7 Å². The molecule has 41 heavy (non-hydrogen) atoms. The molecule has 1 aliphatic carbocycles. The van der Waals surface area contributed by atoms with Gasteiger partial charge in [-0.3, -0.25) is 9.69 Å². The van der Waals surface area contributed by atoms with Crippen molar-refractivity contribution in [1.82, 2.24) is 20.4 Å². The lowest BCUT2D eigenvalue weighted by atomic mass is 9.91. The Morgan fingerprint density at radius 3 is 2.63 bits per heavy atom. The monoisotopic (exact) mass is 566 g/mol. The minimum Gasteiger partial charge on any atom is -0.378 e. The van der Waals surface area contributed by atoms with Gasteiger partial charge in [-0.25, -0.2) is 4.39 Å². The highest BCUT2D eigenvalue weighted by molar-refractivity contribution is 5.86. The Hall–Kier alpha value is -2.62. The summed E-state index contributed by atoms with van der Waals surface area (Å²) in [5.41, 5.74) is 4.87. The van der Waals surface area contributed by atoms with Gasteiger partial charge in [0.2, 0.25) is 5.91 Å². The first kappa shape index (κ1) is 31.3. The van der Waals surface area contributed by atoms with Crippen molar-refractivity contribution in [3.8, 4) is 0 Å². The second kappa shape index (κ2) is 16.1. The van der Waals surface area contributed by atoms with E-state index in [-0.39, 0.29) is 17.8 Å². The number of fused-ring (bicyclic) bond motifs is 1. The Kier molecular flexibility index (Phi) is 12.3. The average molecular weight is 567 g/mol. The second-order valence-corrected chi connectivity index (χ2v) is 11.3. The van der Waals surface area contributed by atoms with Gasteiger partial charge in [-0.1, -0.05) is 43.0 Å². The Bertz CT molecular complexity index is 1130. The molecule has 1 amide bonds. The van der Waals surface area contributed by atoms with E-state index in [1.54, 1.807) is 6.07 Å². The van der Waals surface area contributed by atoms with Crippen LogP contribution in [0.4, 0.5) is 4.39 Å². The maximum Gasteiger partial charge on any atom is 0.243 e. The van der Waals surface area contributed by atoms with Crippen molar-refractivity contribution in [3.63, 3.8) is 0 Å². The lowest BCUT2D eigenvalue weighted by Crippen LogP contribution is -2.35. The molecule has 0 spiro atoms. The SMILES string of the molecule is C=CC(=O)NCCOCCOCCNCCCc1cccc([C@H]2CN([C@H]3CCc4cccc(F)c43)C[C@@H]2N(C)C)c1.